The van der Waals surface area contributed by atoms with Crippen molar-refractivity contribution in [3.05, 3.63) is 34.6 Å². The number of fused-ring (bicyclic) bond motifs is 1. The fourth-order valence-corrected chi connectivity index (χ4v) is 4.01. The van der Waals surface area contributed by atoms with Crippen LogP contribution in [0.4, 0.5) is 13.2 Å². The minimum Gasteiger partial charge on any atom is -0.204 e. The molecular formula is C17H21F3. The molecule has 0 amide bonds. The fraction of sp³-hybridized carbons (Fsp3) is 0.647. The quantitative estimate of drug-likeness (QED) is 0.633. The molecule has 1 saturated carbocycles. The van der Waals surface area contributed by atoms with Gasteiger partial charge in [0.1, 0.15) is 0 Å². The number of halogens is 3. The van der Waals surface area contributed by atoms with E-state index < -0.39 is 17.5 Å². The first-order valence-electron chi connectivity index (χ1n) is 7.71. The van der Waals surface area contributed by atoms with E-state index in [-0.39, 0.29) is 0 Å². The van der Waals surface area contributed by atoms with Gasteiger partial charge in [0.2, 0.25) is 0 Å². The van der Waals surface area contributed by atoms with Crippen LogP contribution in [-0.4, -0.2) is 0 Å². The van der Waals surface area contributed by atoms with Crippen molar-refractivity contribution in [2.24, 2.45) is 17.8 Å². The summed E-state index contributed by atoms with van der Waals surface area (Å²) in [5.74, 6) is -1.32. The molecule has 3 heteroatoms. The zero-order valence-electron chi connectivity index (χ0n) is 11.9. The highest BCUT2D eigenvalue weighted by Crippen LogP contribution is 2.40. The van der Waals surface area contributed by atoms with Crippen LogP contribution >= 0.6 is 0 Å². The van der Waals surface area contributed by atoms with Crippen molar-refractivity contribution in [2.45, 2.75) is 51.9 Å². The Labute approximate surface area is 118 Å². The van der Waals surface area contributed by atoms with Crippen LogP contribution in [0.1, 0.15) is 50.2 Å². The standard InChI is InChI=1S/C17H21F3/c1-10-2-4-11(5-3-10)12-6-7-14-13(8-12)9-15(18)17(20)16(14)19/h9-12H,2-8H2,1H3. The van der Waals surface area contributed by atoms with Gasteiger partial charge in [0, 0.05) is 0 Å². The average Bonchev–Trinajstić information content (AvgIpc) is 2.45. The smallest absolute Gasteiger partial charge is 0.194 e. The van der Waals surface area contributed by atoms with Gasteiger partial charge in [-0.15, -0.1) is 0 Å². The number of benzene rings is 1. The van der Waals surface area contributed by atoms with Crippen LogP contribution in [0, 0.1) is 35.2 Å². The molecule has 1 fully saturated rings. The Balaban J connectivity index is 1.78. The Morgan fingerprint density at radius 1 is 0.900 bits per heavy atom. The van der Waals surface area contributed by atoms with Crippen molar-refractivity contribution in [1.29, 1.82) is 0 Å². The van der Waals surface area contributed by atoms with E-state index in [1.807, 2.05) is 0 Å². The molecule has 1 atom stereocenters. The predicted molar refractivity (Wildman–Crippen MR) is 73.0 cm³/mol. The van der Waals surface area contributed by atoms with Crippen molar-refractivity contribution < 1.29 is 13.2 Å². The summed E-state index contributed by atoms with van der Waals surface area (Å²) in [4.78, 5) is 0. The van der Waals surface area contributed by atoms with Gasteiger partial charge in [-0.25, -0.2) is 13.2 Å². The van der Waals surface area contributed by atoms with Crippen LogP contribution in [0.3, 0.4) is 0 Å². The van der Waals surface area contributed by atoms with E-state index in [0.29, 0.717) is 35.8 Å². The van der Waals surface area contributed by atoms with Gasteiger partial charge in [-0.1, -0.05) is 19.8 Å². The summed E-state index contributed by atoms with van der Waals surface area (Å²) in [5.41, 5.74) is 1.10. The second-order valence-electron chi connectivity index (χ2n) is 6.65. The second-order valence-corrected chi connectivity index (χ2v) is 6.65. The lowest BCUT2D eigenvalue weighted by atomic mass is 9.70. The van der Waals surface area contributed by atoms with Crippen molar-refractivity contribution in [2.75, 3.05) is 0 Å². The lowest BCUT2D eigenvalue weighted by molar-refractivity contribution is 0.195. The van der Waals surface area contributed by atoms with E-state index in [0.717, 1.165) is 12.3 Å². The first-order chi connectivity index (χ1) is 9.56. The molecule has 0 heterocycles. The Kier molecular flexibility index (Phi) is 3.78. The molecule has 0 saturated heterocycles. The maximum Gasteiger partial charge on any atom is 0.194 e. The molecule has 0 radical (unpaired) electrons. The summed E-state index contributed by atoms with van der Waals surface area (Å²) in [7, 11) is 0. The van der Waals surface area contributed by atoms with Crippen molar-refractivity contribution in [1.82, 2.24) is 0 Å². The molecule has 2 aliphatic carbocycles. The molecule has 0 spiro atoms. The average molecular weight is 282 g/mol. The molecule has 1 aromatic carbocycles. The molecule has 0 aromatic heterocycles. The highest BCUT2D eigenvalue weighted by molar-refractivity contribution is 5.33. The summed E-state index contributed by atoms with van der Waals surface area (Å²) in [6.07, 6.45) is 7.16. The third-order valence-corrected chi connectivity index (χ3v) is 5.33. The predicted octanol–water partition coefficient (Wildman–Crippen LogP) is 5.04. The summed E-state index contributed by atoms with van der Waals surface area (Å²) in [6, 6.07) is 1.21. The van der Waals surface area contributed by atoms with E-state index in [2.05, 4.69) is 6.92 Å². The van der Waals surface area contributed by atoms with Crippen LogP contribution in [0.15, 0.2) is 6.07 Å². The van der Waals surface area contributed by atoms with Crippen LogP contribution in [0.25, 0.3) is 0 Å². The molecule has 0 nitrogen and oxygen atoms in total. The van der Waals surface area contributed by atoms with Gasteiger partial charge < -0.3 is 0 Å². The highest BCUT2D eigenvalue weighted by Gasteiger charge is 2.31. The summed E-state index contributed by atoms with van der Waals surface area (Å²) >= 11 is 0. The zero-order valence-corrected chi connectivity index (χ0v) is 11.9. The lowest BCUT2D eigenvalue weighted by Crippen LogP contribution is -2.27. The van der Waals surface area contributed by atoms with Gasteiger partial charge in [-0.05, 0) is 67.1 Å². The van der Waals surface area contributed by atoms with Crippen LogP contribution < -0.4 is 0 Å². The van der Waals surface area contributed by atoms with Gasteiger partial charge in [0.15, 0.2) is 17.5 Å². The second kappa shape index (κ2) is 5.42. The van der Waals surface area contributed by atoms with E-state index in [1.165, 1.54) is 31.7 Å². The zero-order chi connectivity index (χ0) is 14.3. The summed E-state index contributed by atoms with van der Waals surface area (Å²) in [6.45, 7) is 2.29. The van der Waals surface area contributed by atoms with Crippen LogP contribution in [0.5, 0.6) is 0 Å². The molecule has 0 N–H and O–H groups in total. The third kappa shape index (κ3) is 2.47. The minimum absolute atomic E-state index is 0.407. The molecule has 2 aliphatic rings. The maximum atomic E-state index is 13.7. The molecule has 3 rings (SSSR count). The van der Waals surface area contributed by atoms with Gasteiger partial charge in [0.25, 0.3) is 0 Å². The highest BCUT2D eigenvalue weighted by atomic mass is 19.2. The van der Waals surface area contributed by atoms with Gasteiger partial charge in [-0.3, -0.25) is 0 Å². The van der Waals surface area contributed by atoms with E-state index >= 15 is 0 Å². The topological polar surface area (TPSA) is 0 Å². The monoisotopic (exact) mass is 282 g/mol. The lowest BCUT2D eigenvalue weighted by Gasteiger charge is -2.35. The number of hydrogen-bond donors (Lipinski definition) is 0. The van der Waals surface area contributed by atoms with E-state index in [4.69, 9.17) is 0 Å². The number of hydrogen-bond acceptors (Lipinski definition) is 0. The molecule has 0 bridgehead atoms. The third-order valence-electron chi connectivity index (χ3n) is 5.33. The Bertz CT molecular complexity index is 501. The Morgan fingerprint density at radius 3 is 2.30 bits per heavy atom. The van der Waals surface area contributed by atoms with Crippen LogP contribution in [0.2, 0.25) is 0 Å². The summed E-state index contributed by atoms with van der Waals surface area (Å²) < 4.78 is 40.4. The van der Waals surface area contributed by atoms with E-state index in [9.17, 15) is 13.2 Å². The van der Waals surface area contributed by atoms with E-state index in [1.54, 1.807) is 0 Å². The molecule has 0 aliphatic heterocycles. The van der Waals surface area contributed by atoms with Gasteiger partial charge in [0.05, 0.1) is 0 Å². The maximum absolute atomic E-state index is 13.7. The first kappa shape index (κ1) is 14.0. The minimum atomic E-state index is -1.31. The van der Waals surface area contributed by atoms with Crippen molar-refractivity contribution in [3.8, 4) is 0 Å². The van der Waals surface area contributed by atoms with Crippen molar-refractivity contribution >= 4 is 0 Å². The van der Waals surface area contributed by atoms with Crippen molar-refractivity contribution in [3.63, 3.8) is 0 Å². The molecule has 110 valence electrons. The normalized spacial score (nSPS) is 30.1. The largest absolute Gasteiger partial charge is 0.204 e. The van der Waals surface area contributed by atoms with Crippen LogP contribution in [-0.2, 0) is 12.8 Å². The Morgan fingerprint density at radius 2 is 1.60 bits per heavy atom. The molecule has 20 heavy (non-hydrogen) atoms. The SMILES string of the molecule is CC1CCC(C2CCc3c(cc(F)c(F)c3F)C2)CC1. The number of rotatable bonds is 1. The molecule has 1 aromatic rings. The van der Waals surface area contributed by atoms with Gasteiger partial charge >= 0.3 is 0 Å². The first-order valence-corrected chi connectivity index (χ1v) is 7.71. The van der Waals surface area contributed by atoms with Gasteiger partial charge in [-0.2, -0.15) is 0 Å². The Hall–Kier alpha value is -0.990. The summed E-state index contributed by atoms with van der Waals surface area (Å²) in [5, 5.41) is 0. The molecular weight excluding hydrogens is 261 g/mol. The molecule has 1 unspecified atom stereocenters. The fourth-order valence-electron chi connectivity index (χ4n) is 4.01.